The quantitative estimate of drug-likeness (QED) is 0.693. The van der Waals surface area contributed by atoms with Crippen LogP contribution in [0.25, 0.3) is 5.69 Å². The Morgan fingerprint density at radius 1 is 1.08 bits per heavy atom. The Kier molecular flexibility index (Phi) is 4.53. The molecular formula is C16H13F3N4O2S. The van der Waals surface area contributed by atoms with Gasteiger partial charge in [-0.05, 0) is 47.7 Å². The van der Waals surface area contributed by atoms with Gasteiger partial charge in [-0.15, -0.1) is 5.10 Å². The first-order chi connectivity index (χ1) is 12.2. The minimum Gasteiger partial charge on any atom is -0.223 e. The van der Waals surface area contributed by atoms with Gasteiger partial charge in [0.2, 0.25) is 0 Å². The van der Waals surface area contributed by atoms with E-state index in [1.165, 1.54) is 24.3 Å². The van der Waals surface area contributed by atoms with Crippen LogP contribution in [0.4, 0.5) is 13.2 Å². The maximum absolute atomic E-state index is 12.9. The van der Waals surface area contributed by atoms with Crippen molar-refractivity contribution in [1.29, 1.82) is 0 Å². The van der Waals surface area contributed by atoms with E-state index in [0.29, 0.717) is 0 Å². The molecular weight excluding hydrogens is 369 g/mol. The van der Waals surface area contributed by atoms with Crippen LogP contribution in [-0.4, -0.2) is 28.6 Å². The molecule has 0 amide bonds. The second kappa shape index (κ2) is 6.52. The fraction of sp³-hybridized carbons (Fsp3) is 0.188. The number of hydrogen-bond acceptors (Lipinski definition) is 5. The van der Waals surface area contributed by atoms with E-state index < -0.39 is 27.3 Å². The van der Waals surface area contributed by atoms with Crippen LogP contribution in [0.3, 0.4) is 0 Å². The summed E-state index contributed by atoms with van der Waals surface area (Å²) < 4.78 is 64.7. The number of sulfone groups is 1. The van der Waals surface area contributed by atoms with Gasteiger partial charge in [0, 0.05) is 0 Å². The Morgan fingerprint density at radius 2 is 1.77 bits per heavy atom. The first kappa shape index (κ1) is 18.1. The van der Waals surface area contributed by atoms with Crippen LogP contribution in [0.15, 0.2) is 53.4 Å². The molecule has 3 aromatic rings. The number of tetrazole rings is 1. The van der Waals surface area contributed by atoms with Gasteiger partial charge in [0.1, 0.15) is 5.75 Å². The summed E-state index contributed by atoms with van der Waals surface area (Å²) >= 11 is 0. The van der Waals surface area contributed by atoms with E-state index in [4.69, 9.17) is 0 Å². The third-order valence-electron chi connectivity index (χ3n) is 3.65. The highest BCUT2D eigenvalue weighted by Crippen LogP contribution is 2.30. The van der Waals surface area contributed by atoms with E-state index in [1.54, 1.807) is 12.1 Å². The summed E-state index contributed by atoms with van der Waals surface area (Å²) in [7, 11) is -3.75. The lowest BCUT2D eigenvalue weighted by Gasteiger charge is -2.10. The van der Waals surface area contributed by atoms with E-state index in [9.17, 15) is 21.6 Å². The molecule has 0 spiro atoms. The second-order valence-electron chi connectivity index (χ2n) is 5.63. The molecule has 0 fully saturated rings. The van der Waals surface area contributed by atoms with Gasteiger partial charge in [0.15, 0.2) is 15.7 Å². The van der Waals surface area contributed by atoms with Crippen LogP contribution in [0.2, 0.25) is 0 Å². The van der Waals surface area contributed by atoms with E-state index in [0.717, 1.165) is 22.4 Å². The van der Waals surface area contributed by atoms with Gasteiger partial charge in [-0.3, -0.25) is 0 Å². The summed E-state index contributed by atoms with van der Waals surface area (Å²) in [5, 5.41) is 10.7. The zero-order chi connectivity index (χ0) is 18.9. The van der Waals surface area contributed by atoms with Gasteiger partial charge in [-0.25, -0.2) is 8.42 Å². The van der Waals surface area contributed by atoms with Crippen LogP contribution in [0.5, 0.6) is 0 Å². The molecule has 1 aromatic heterocycles. The predicted molar refractivity (Wildman–Crippen MR) is 86.2 cm³/mol. The molecule has 0 atom stereocenters. The van der Waals surface area contributed by atoms with Gasteiger partial charge in [0.05, 0.1) is 16.1 Å². The van der Waals surface area contributed by atoms with Crippen molar-refractivity contribution in [2.75, 3.05) is 0 Å². The molecule has 0 saturated heterocycles. The fourth-order valence-corrected chi connectivity index (χ4v) is 3.55. The number of nitrogens with zero attached hydrogens (tertiary/aromatic N) is 4. The molecule has 0 N–H and O–H groups in total. The van der Waals surface area contributed by atoms with Crippen molar-refractivity contribution in [2.45, 2.75) is 23.7 Å². The first-order valence-corrected chi connectivity index (χ1v) is 9.06. The monoisotopic (exact) mass is 382 g/mol. The first-order valence-electron chi connectivity index (χ1n) is 7.41. The van der Waals surface area contributed by atoms with Crippen LogP contribution < -0.4 is 0 Å². The van der Waals surface area contributed by atoms with Crippen LogP contribution in [-0.2, 0) is 21.8 Å². The van der Waals surface area contributed by atoms with Crippen molar-refractivity contribution in [3.63, 3.8) is 0 Å². The van der Waals surface area contributed by atoms with Gasteiger partial charge >= 0.3 is 6.18 Å². The average Bonchev–Trinajstić information content (AvgIpc) is 3.02. The lowest BCUT2D eigenvalue weighted by atomic mass is 10.2. The van der Waals surface area contributed by atoms with E-state index in [-0.39, 0.29) is 16.4 Å². The Labute approximate surface area is 147 Å². The van der Waals surface area contributed by atoms with Crippen molar-refractivity contribution < 1.29 is 21.6 Å². The van der Waals surface area contributed by atoms with Crippen molar-refractivity contribution in [2.24, 2.45) is 0 Å². The molecule has 0 aliphatic rings. The zero-order valence-electron chi connectivity index (χ0n) is 13.5. The normalized spacial score (nSPS) is 12.3. The molecule has 0 saturated carbocycles. The summed E-state index contributed by atoms with van der Waals surface area (Å²) in [5.74, 6) is -0.621. The smallest absolute Gasteiger partial charge is 0.223 e. The number of aromatic nitrogens is 4. The van der Waals surface area contributed by atoms with Crippen LogP contribution >= 0.6 is 0 Å². The van der Waals surface area contributed by atoms with Gasteiger partial charge in [-0.1, -0.05) is 23.8 Å². The lowest BCUT2D eigenvalue weighted by Crippen LogP contribution is -2.12. The van der Waals surface area contributed by atoms with Crippen molar-refractivity contribution in [3.05, 3.63) is 65.5 Å². The molecule has 0 aliphatic heterocycles. The maximum Gasteiger partial charge on any atom is 0.416 e. The minimum absolute atomic E-state index is 0.0268. The zero-order valence-corrected chi connectivity index (χ0v) is 14.3. The largest absolute Gasteiger partial charge is 0.416 e. The maximum atomic E-state index is 12.9. The Morgan fingerprint density at radius 3 is 2.42 bits per heavy atom. The highest BCUT2D eigenvalue weighted by Gasteiger charge is 2.31. The minimum atomic E-state index is -4.53. The molecule has 2 aromatic carbocycles. The SMILES string of the molecule is Cc1ccc(S(=O)(=O)Cc2nnnn2-c2cccc(C(F)(F)F)c2)cc1. The Balaban J connectivity index is 1.96. The number of alkyl halides is 3. The Bertz CT molecular complexity index is 1030. The standard InChI is InChI=1S/C16H13F3N4O2S/c1-11-5-7-14(8-6-11)26(24,25)10-15-20-21-22-23(15)13-4-2-3-12(9-13)16(17,18)19/h2-9H,10H2,1H3. The number of hydrogen-bond donors (Lipinski definition) is 0. The molecule has 0 aliphatic carbocycles. The van der Waals surface area contributed by atoms with Crippen molar-refractivity contribution in [3.8, 4) is 5.69 Å². The molecule has 0 radical (unpaired) electrons. The molecule has 0 unspecified atom stereocenters. The third kappa shape index (κ3) is 3.74. The molecule has 136 valence electrons. The molecule has 0 bridgehead atoms. The molecule has 1 heterocycles. The lowest BCUT2D eigenvalue weighted by molar-refractivity contribution is -0.137. The van der Waals surface area contributed by atoms with Gasteiger partial charge in [-0.2, -0.15) is 17.9 Å². The highest BCUT2D eigenvalue weighted by atomic mass is 32.2. The number of benzene rings is 2. The summed E-state index contributed by atoms with van der Waals surface area (Å²) in [6, 6.07) is 10.6. The molecule has 10 heteroatoms. The fourth-order valence-electron chi connectivity index (χ4n) is 2.31. The van der Waals surface area contributed by atoms with E-state index in [1.807, 2.05) is 6.92 Å². The van der Waals surface area contributed by atoms with Crippen LogP contribution in [0.1, 0.15) is 17.0 Å². The van der Waals surface area contributed by atoms with E-state index in [2.05, 4.69) is 15.5 Å². The van der Waals surface area contributed by atoms with Crippen molar-refractivity contribution >= 4 is 9.84 Å². The summed E-state index contributed by atoms with van der Waals surface area (Å²) in [6.07, 6.45) is -4.53. The molecule has 26 heavy (non-hydrogen) atoms. The summed E-state index contributed by atoms with van der Waals surface area (Å²) in [4.78, 5) is 0.0849. The van der Waals surface area contributed by atoms with Gasteiger partial charge < -0.3 is 0 Å². The average molecular weight is 382 g/mol. The second-order valence-corrected chi connectivity index (χ2v) is 7.62. The number of rotatable bonds is 4. The number of halogens is 3. The Hall–Kier alpha value is -2.75. The topological polar surface area (TPSA) is 77.7 Å². The number of aryl methyl sites for hydroxylation is 1. The molecule has 6 nitrogen and oxygen atoms in total. The predicted octanol–water partition coefficient (Wildman–Crippen LogP) is 2.96. The third-order valence-corrected chi connectivity index (χ3v) is 5.28. The summed E-state index contributed by atoms with van der Waals surface area (Å²) in [6.45, 7) is 1.82. The highest BCUT2D eigenvalue weighted by molar-refractivity contribution is 7.90. The van der Waals surface area contributed by atoms with Gasteiger partial charge in [0.25, 0.3) is 0 Å². The van der Waals surface area contributed by atoms with E-state index >= 15 is 0 Å². The molecule has 3 rings (SSSR count). The van der Waals surface area contributed by atoms with Crippen LogP contribution in [0, 0.1) is 6.92 Å². The van der Waals surface area contributed by atoms with Crippen molar-refractivity contribution in [1.82, 2.24) is 20.2 Å². The summed E-state index contributed by atoms with van der Waals surface area (Å²) in [5.41, 5.74) is 0.0505.